The van der Waals surface area contributed by atoms with Gasteiger partial charge in [-0.25, -0.2) is 4.98 Å². The van der Waals surface area contributed by atoms with Gasteiger partial charge < -0.3 is 10.6 Å². The van der Waals surface area contributed by atoms with E-state index in [1.807, 2.05) is 12.3 Å². The first kappa shape index (κ1) is 22.3. The van der Waals surface area contributed by atoms with Crippen molar-refractivity contribution in [1.82, 2.24) is 20.2 Å². The van der Waals surface area contributed by atoms with Crippen LogP contribution in [-0.2, 0) is 17.8 Å². The van der Waals surface area contributed by atoms with Gasteiger partial charge in [-0.05, 0) is 45.2 Å². The predicted molar refractivity (Wildman–Crippen MR) is 131 cm³/mol. The third-order valence-electron chi connectivity index (χ3n) is 5.93. The van der Waals surface area contributed by atoms with Crippen LogP contribution >= 0.6 is 22.7 Å². The minimum Gasteiger partial charge on any atom is -0.317 e. The van der Waals surface area contributed by atoms with Gasteiger partial charge in [0.1, 0.15) is 15.5 Å². The number of hydrogen-bond donors (Lipinski definition) is 2. The second kappa shape index (κ2) is 9.73. The minimum absolute atomic E-state index is 0.0548. The van der Waals surface area contributed by atoms with Crippen LogP contribution in [0.4, 0.5) is 5.00 Å². The summed E-state index contributed by atoms with van der Waals surface area (Å²) >= 11 is 3.40. The summed E-state index contributed by atoms with van der Waals surface area (Å²) in [7, 11) is 0. The van der Waals surface area contributed by atoms with Crippen molar-refractivity contribution in [2.24, 2.45) is 0 Å². The molecule has 1 atom stereocenters. The number of hydrogen-bond acceptors (Lipinski definition) is 7. The zero-order valence-corrected chi connectivity index (χ0v) is 20.3. The van der Waals surface area contributed by atoms with E-state index in [0.29, 0.717) is 25.0 Å². The van der Waals surface area contributed by atoms with Gasteiger partial charge in [0.2, 0.25) is 5.91 Å². The zero-order chi connectivity index (χ0) is 22.0. The molecule has 2 N–H and O–H groups in total. The van der Waals surface area contributed by atoms with Crippen LogP contribution in [0.3, 0.4) is 0 Å². The molecule has 1 aliphatic heterocycles. The van der Waals surface area contributed by atoms with Gasteiger partial charge >= 0.3 is 0 Å². The topological polar surface area (TPSA) is 70.1 Å². The Morgan fingerprint density at radius 2 is 2.13 bits per heavy atom. The second-order valence-corrected chi connectivity index (χ2v) is 10.6. The number of thiazole rings is 1. The number of anilines is 1. The summed E-state index contributed by atoms with van der Waals surface area (Å²) in [6, 6.07) is 2.95. The first-order valence-corrected chi connectivity index (χ1v) is 12.7. The van der Waals surface area contributed by atoms with Gasteiger partial charge in [0, 0.05) is 54.8 Å². The minimum atomic E-state index is 0.0548. The second-order valence-electron chi connectivity index (χ2n) is 8.45. The molecule has 166 valence electrons. The van der Waals surface area contributed by atoms with E-state index in [0.717, 1.165) is 51.7 Å². The lowest BCUT2D eigenvalue weighted by atomic mass is 10.0. The summed E-state index contributed by atoms with van der Waals surface area (Å²) < 4.78 is 1.12. The Labute approximate surface area is 192 Å². The fourth-order valence-corrected chi connectivity index (χ4v) is 6.20. The molecule has 1 unspecified atom stereocenters. The number of rotatable bonds is 8. The predicted octanol–water partition coefficient (Wildman–Crippen LogP) is 4.90. The summed E-state index contributed by atoms with van der Waals surface area (Å²) in [5.41, 5.74) is 3.38. The smallest absolute Gasteiger partial charge is 0.226 e. The summed E-state index contributed by atoms with van der Waals surface area (Å²) in [4.78, 5) is 25.7. The van der Waals surface area contributed by atoms with E-state index < -0.39 is 0 Å². The molecule has 0 saturated heterocycles. The van der Waals surface area contributed by atoms with E-state index in [-0.39, 0.29) is 5.91 Å². The summed E-state index contributed by atoms with van der Waals surface area (Å²) in [5, 5.41) is 8.54. The quantitative estimate of drug-likeness (QED) is 0.503. The molecule has 3 aromatic rings. The van der Waals surface area contributed by atoms with Crippen molar-refractivity contribution in [2.75, 3.05) is 18.4 Å². The summed E-state index contributed by atoms with van der Waals surface area (Å²) in [6.07, 6.45) is 6.13. The summed E-state index contributed by atoms with van der Waals surface area (Å²) in [6.45, 7) is 11.4. The van der Waals surface area contributed by atoms with Crippen molar-refractivity contribution in [1.29, 1.82) is 0 Å². The molecule has 0 saturated carbocycles. The lowest BCUT2D eigenvalue weighted by molar-refractivity contribution is -0.116. The Morgan fingerprint density at radius 3 is 2.87 bits per heavy atom. The van der Waals surface area contributed by atoms with Crippen LogP contribution in [0.15, 0.2) is 18.5 Å². The molecule has 3 aromatic heterocycles. The van der Waals surface area contributed by atoms with Crippen LogP contribution in [0.5, 0.6) is 0 Å². The molecule has 6 nitrogen and oxygen atoms in total. The number of thiophene rings is 1. The number of carbonyl (C=O) groups is 1. The van der Waals surface area contributed by atoms with Gasteiger partial charge in [0.05, 0.1) is 10.9 Å². The van der Waals surface area contributed by atoms with Crippen LogP contribution in [0.25, 0.3) is 20.8 Å². The fraction of sp³-hybridized carbons (Fsp3) is 0.522. The molecule has 0 bridgehead atoms. The molecule has 4 heterocycles. The highest BCUT2D eigenvalue weighted by Crippen LogP contribution is 2.45. The average Bonchev–Trinajstić information content (AvgIpc) is 3.33. The molecule has 8 heteroatoms. The Kier molecular flexibility index (Phi) is 7.01. The lowest BCUT2D eigenvalue weighted by Crippen LogP contribution is -2.35. The third-order valence-corrected chi connectivity index (χ3v) is 8.12. The van der Waals surface area contributed by atoms with E-state index >= 15 is 0 Å². The highest BCUT2D eigenvalue weighted by molar-refractivity contribution is 7.22. The first-order valence-electron chi connectivity index (χ1n) is 11.1. The summed E-state index contributed by atoms with van der Waals surface area (Å²) in [5.74, 6) is 0.0548. The molecular weight excluding hydrogens is 426 g/mol. The van der Waals surface area contributed by atoms with Gasteiger partial charge in [-0.2, -0.15) is 0 Å². The number of pyridine rings is 1. The molecular formula is C23H31N5OS2. The molecule has 0 radical (unpaired) electrons. The highest BCUT2D eigenvalue weighted by Gasteiger charge is 2.28. The van der Waals surface area contributed by atoms with E-state index in [2.05, 4.69) is 48.2 Å². The van der Waals surface area contributed by atoms with Gasteiger partial charge in [-0.15, -0.1) is 22.7 Å². The number of amides is 1. The van der Waals surface area contributed by atoms with Crippen LogP contribution in [0.1, 0.15) is 51.0 Å². The fourth-order valence-electron chi connectivity index (χ4n) is 3.83. The van der Waals surface area contributed by atoms with Crippen molar-refractivity contribution in [3.8, 4) is 10.6 Å². The molecule has 0 aliphatic carbocycles. The molecule has 0 aromatic carbocycles. The third kappa shape index (κ3) is 4.98. The van der Waals surface area contributed by atoms with Gasteiger partial charge in [0.15, 0.2) is 0 Å². The zero-order valence-electron chi connectivity index (χ0n) is 18.7. The molecule has 1 amide bonds. The number of fused-ring (bicyclic) bond motifs is 2. The maximum absolute atomic E-state index is 12.7. The van der Waals surface area contributed by atoms with E-state index in [9.17, 15) is 4.79 Å². The molecule has 0 spiro atoms. The molecule has 0 fully saturated rings. The van der Waals surface area contributed by atoms with Gasteiger partial charge in [-0.3, -0.25) is 14.7 Å². The van der Waals surface area contributed by atoms with E-state index in [1.165, 1.54) is 10.4 Å². The number of nitrogens with zero attached hydrogens (tertiary/aromatic N) is 3. The van der Waals surface area contributed by atoms with Crippen LogP contribution in [0, 0.1) is 0 Å². The Hall–Kier alpha value is -1.87. The number of aromatic nitrogens is 2. The number of carbonyl (C=O) groups excluding carboxylic acids is 1. The Morgan fingerprint density at radius 1 is 1.29 bits per heavy atom. The van der Waals surface area contributed by atoms with Crippen LogP contribution in [-0.4, -0.2) is 45.9 Å². The molecule has 1 aliphatic rings. The van der Waals surface area contributed by atoms with Crippen LogP contribution in [0.2, 0.25) is 0 Å². The largest absolute Gasteiger partial charge is 0.317 e. The van der Waals surface area contributed by atoms with Crippen molar-refractivity contribution in [3.63, 3.8) is 0 Å². The van der Waals surface area contributed by atoms with E-state index in [4.69, 9.17) is 4.98 Å². The SMILES string of the molecule is CCC(C)NCCC(=O)Nc1sc2c(c1-c1nc3cnccc3s1)CCN(C(C)C)C2. The van der Waals surface area contributed by atoms with Crippen molar-refractivity contribution in [3.05, 3.63) is 28.9 Å². The number of nitrogens with one attached hydrogen (secondary N) is 2. The van der Waals surface area contributed by atoms with Gasteiger partial charge in [0.25, 0.3) is 0 Å². The maximum Gasteiger partial charge on any atom is 0.226 e. The Balaban J connectivity index is 1.63. The molecule has 31 heavy (non-hydrogen) atoms. The average molecular weight is 458 g/mol. The normalized spacial score (nSPS) is 15.4. The van der Waals surface area contributed by atoms with Gasteiger partial charge in [-0.1, -0.05) is 6.92 Å². The lowest BCUT2D eigenvalue weighted by Gasteiger charge is -2.30. The highest BCUT2D eigenvalue weighted by atomic mass is 32.1. The van der Waals surface area contributed by atoms with Crippen molar-refractivity contribution >= 4 is 43.8 Å². The molecule has 4 rings (SSSR count). The maximum atomic E-state index is 12.7. The standard InChI is InChI=1S/C23H31N5OS2/c1-5-15(4)25-10-7-20(29)27-23-21(22-26-17-12-24-9-6-18(17)30-22)16-8-11-28(14(2)3)13-19(16)31-23/h6,9,12,14-15,25H,5,7-8,10-11,13H2,1-4H3,(H,27,29). The van der Waals surface area contributed by atoms with Crippen molar-refractivity contribution < 1.29 is 4.79 Å². The monoisotopic (exact) mass is 457 g/mol. The van der Waals surface area contributed by atoms with E-state index in [1.54, 1.807) is 28.9 Å². The Bertz CT molecular complexity index is 1020. The van der Waals surface area contributed by atoms with Crippen molar-refractivity contribution in [2.45, 2.75) is 65.6 Å². The van der Waals surface area contributed by atoms with Crippen LogP contribution < -0.4 is 10.6 Å². The first-order chi connectivity index (χ1) is 15.0.